The Bertz CT molecular complexity index is 266. The minimum Gasteiger partial charge on any atom is -0.379 e. The van der Waals surface area contributed by atoms with Crippen molar-refractivity contribution in [3.63, 3.8) is 0 Å². The van der Waals surface area contributed by atoms with E-state index in [0.29, 0.717) is 6.04 Å². The Hall–Kier alpha value is -0.340. The molecule has 2 aliphatic rings. The van der Waals surface area contributed by atoms with Gasteiger partial charge >= 0.3 is 0 Å². The molecule has 2 rings (SSSR count). The number of hydrogen-bond acceptors (Lipinski definition) is 2. The molecule has 1 saturated carbocycles. The summed E-state index contributed by atoms with van der Waals surface area (Å²) in [5.74, 6) is 0.948. The molecule has 1 aliphatic carbocycles. The molecule has 2 fully saturated rings. The molecular weight excluding hydrogens is 210 g/mol. The molecule has 0 amide bonds. The first kappa shape index (κ1) is 13.1. The topological polar surface area (TPSA) is 21.3 Å². The van der Waals surface area contributed by atoms with Gasteiger partial charge in [-0.1, -0.05) is 24.5 Å². The van der Waals surface area contributed by atoms with Crippen LogP contribution in [0.5, 0.6) is 0 Å². The Morgan fingerprint density at radius 2 is 2.35 bits per heavy atom. The monoisotopic (exact) mass is 237 g/mol. The maximum absolute atomic E-state index is 5.53. The number of allylic oxidation sites excluding steroid dienone is 1. The van der Waals surface area contributed by atoms with Crippen molar-refractivity contribution in [2.45, 2.75) is 58.4 Å². The molecule has 0 aromatic rings. The fourth-order valence-electron chi connectivity index (χ4n) is 3.16. The summed E-state index contributed by atoms with van der Waals surface area (Å²) in [5, 5.41) is 3.56. The highest BCUT2D eigenvalue weighted by molar-refractivity contribution is 5.16. The third kappa shape index (κ3) is 3.82. The van der Waals surface area contributed by atoms with Crippen LogP contribution in [-0.4, -0.2) is 25.8 Å². The van der Waals surface area contributed by atoms with Gasteiger partial charge in [0.2, 0.25) is 0 Å². The van der Waals surface area contributed by atoms with E-state index < -0.39 is 0 Å². The third-order valence-electron chi connectivity index (χ3n) is 4.36. The van der Waals surface area contributed by atoms with Crippen LogP contribution in [0.1, 0.15) is 52.4 Å². The maximum atomic E-state index is 5.53. The average molecular weight is 237 g/mol. The van der Waals surface area contributed by atoms with Crippen molar-refractivity contribution in [2.75, 3.05) is 19.8 Å². The molecule has 1 N–H and O–H groups in total. The van der Waals surface area contributed by atoms with Gasteiger partial charge in [-0.25, -0.2) is 0 Å². The van der Waals surface area contributed by atoms with Crippen LogP contribution in [0.4, 0.5) is 0 Å². The van der Waals surface area contributed by atoms with Gasteiger partial charge in [0.15, 0.2) is 0 Å². The smallest absolute Gasteiger partial charge is 0.0623 e. The molecule has 17 heavy (non-hydrogen) atoms. The summed E-state index contributed by atoms with van der Waals surface area (Å²) < 4.78 is 5.53. The predicted octanol–water partition coefficient (Wildman–Crippen LogP) is 3.28. The molecule has 0 aromatic carbocycles. The molecule has 1 heterocycles. The first-order valence-corrected chi connectivity index (χ1v) is 7.28. The average Bonchev–Trinajstić information content (AvgIpc) is 2.40. The highest BCUT2D eigenvalue weighted by atomic mass is 16.5. The Morgan fingerprint density at radius 1 is 1.47 bits per heavy atom. The summed E-state index contributed by atoms with van der Waals surface area (Å²) in [6.07, 6.45) is 8.08. The zero-order chi connectivity index (χ0) is 12.1. The van der Waals surface area contributed by atoms with Gasteiger partial charge in [-0.05, 0) is 44.9 Å². The van der Waals surface area contributed by atoms with Crippen molar-refractivity contribution in [3.8, 4) is 0 Å². The van der Waals surface area contributed by atoms with Gasteiger partial charge in [-0.15, -0.1) is 0 Å². The van der Waals surface area contributed by atoms with E-state index in [0.717, 1.165) is 25.7 Å². The fourth-order valence-corrected chi connectivity index (χ4v) is 3.16. The molecule has 0 radical (unpaired) electrons. The minimum atomic E-state index is 0.554. The zero-order valence-electron chi connectivity index (χ0n) is 11.4. The normalized spacial score (nSPS) is 33.5. The van der Waals surface area contributed by atoms with E-state index in [1.165, 1.54) is 38.5 Å². The standard InChI is InChI=1S/C15H27NO/c1-3-13-5-4-6-14(10-13)12(2)9-15-11-17-8-7-16-15/h13,15-16H,3-11H2,1-2H3. The summed E-state index contributed by atoms with van der Waals surface area (Å²) in [5.41, 5.74) is 3.38. The highest BCUT2D eigenvalue weighted by Crippen LogP contribution is 2.33. The predicted molar refractivity (Wildman–Crippen MR) is 72.2 cm³/mol. The van der Waals surface area contributed by atoms with Crippen LogP contribution in [0.25, 0.3) is 0 Å². The number of rotatable bonds is 3. The highest BCUT2D eigenvalue weighted by Gasteiger charge is 2.19. The van der Waals surface area contributed by atoms with Crippen LogP contribution >= 0.6 is 0 Å². The Labute approximate surface area is 106 Å². The third-order valence-corrected chi connectivity index (χ3v) is 4.36. The van der Waals surface area contributed by atoms with Gasteiger partial charge in [-0.3, -0.25) is 0 Å². The van der Waals surface area contributed by atoms with Crippen LogP contribution in [0.2, 0.25) is 0 Å². The quantitative estimate of drug-likeness (QED) is 0.761. The fraction of sp³-hybridized carbons (Fsp3) is 0.867. The second kappa shape index (κ2) is 6.55. The minimum absolute atomic E-state index is 0.554. The molecule has 2 heteroatoms. The lowest BCUT2D eigenvalue weighted by atomic mass is 9.81. The number of hydrogen-bond donors (Lipinski definition) is 1. The number of ether oxygens (including phenoxy) is 1. The van der Waals surface area contributed by atoms with E-state index in [4.69, 9.17) is 4.74 Å². The van der Waals surface area contributed by atoms with Crippen LogP contribution in [0.15, 0.2) is 11.1 Å². The second-order valence-corrected chi connectivity index (χ2v) is 5.68. The molecular formula is C15H27NO. The van der Waals surface area contributed by atoms with Crippen LogP contribution in [-0.2, 0) is 4.74 Å². The Kier molecular flexibility index (Phi) is 5.05. The van der Waals surface area contributed by atoms with E-state index in [1.807, 2.05) is 0 Å². The van der Waals surface area contributed by atoms with Gasteiger partial charge in [0, 0.05) is 12.6 Å². The Morgan fingerprint density at radius 3 is 3.06 bits per heavy atom. The van der Waals surface area contributed by atoms with Gasteiger partial charge in [-0.2, -0.15) is 0 Å². The maximum Gasteiger partial charge on any atom is 0.0623 e. The summed E-state index contributed by atoms with van der Waals surface area (Å²) in [4.78, 5) is 0. The molecule has 1 saturated heterocycles. The van der Waals surface area contributed by atoms with Gasteiger partial charge in [0.05, 0.1) is 13.2 Å². The first-order valence-electron chi connectivity index (χ1n) is 7.28. The summed E-state index contributed by atoms with van der Waals surface area (Å²) in [6, 6.07) is 0.554. The molecule has 0 bridgehead atoms. The van der Waals surface area contributed by atoms with Crippen molar-refractivity contribution in [3.05, 3.63) is 11.1 Å². The van der Waals surface area contributed by atoms with Gasteiger partial charge in [0.1, 0.15) is 0 Å². The van der Waals surface area contributed by atoms with Crippen molar-refractivity contribution in [1.82, 2.24) is 5.32 Å². The zero-order valence-corrected chi connectivity index (χ0v) is 11.4. The lowest BCUT2D eigenvalue weighted by molar-refractivity contribution is 0.0768. The van der Waals surface area contributed by atoms with Crippen molar-refractivity contribution >= 4 is 0 Å². The number of morpholine rings is 1. The molecule has 2 unspecified atom stereocenters. The SMILES string of the molecule is CCC1CCCC(=C(C)CC2COCCN2)C1. The van der Waals surface area contributed by atoms with Crippen LogP contribution in [0.3, 0.4) is 0 Å². The second-order valence-electron chi connectivity index (χ2n) is 5.68. The van der Waals surface area contributed by atoms with Crippen LogP contribution in [0, 0.1) is 5.92 Å². The molecule has 2 atom stereocenters. The van der Waals surface area contributed by atoms with Crippen molar-refractivity contribution < 1.29 is 4.74 Å². The van der Waals surface area contributed by atoms with E-state index >= 15 is 0 Å². The van der Waals surface area contributed by atoms with Crippen molar-refractivity contribution in [2.24, 2.45) is 5.92 Å². The molecule has 2 nitrogen and oxygen atoms in total. The Balaban J connectivity index is 1.89. The largest absolute Gasteiger partial charge is 0.379 e. The molecule has 1 aliphatic heterocycles. The summed E-state index contributed by atoms with van der Waals surface area (Å²) >= 11 is 0. The van der Waals surface area contributed by atoms with Crippen LogP contribution < -0.4 is 5.32 Å². The molecule has 98 valence electrons. The van der Waals surface area contributed by atoms with Crippen molar-refractivity contribution in [1.29, 1.82) is 0 Å². The van der Waals surface area contributed by atoms with E-state index in [2.05, 4.69) is 19.2 Å². The van der Waals surface area contributed by atoms with Gasteiger partial charge in [0.25, 0.3) is 0 Å². The lowest BCUT2D eigenvalue weighted by Crippen LogP contribution is -2.41. The molecule has 0 aromatic heterocycles. The summed E-state index contributed by atoms with van der Waals surface area (Å²) in [7, 11) is 0. The lowest BCUT2D eigenvalue weighted by Gasteiger charge is -2.28. The first-order chi connectivity index (χ1) is 8.29. The van der Waals surface area contributed by atoms with Gasteiger partial charge < -0.3 is 10.1 Å². The number of nitrogens with one attached hydrogen (secondary N) is 1. The van der Waals surface area contributed by atoms with E-state index in [1.54, 1.807) is 11.1 Å². The molecule has 0 spiro atoms. The summed E-state index contributed by atoms with van der Waals surface area (Å²) in [6.45, 7) is 7.46. The van der Waals surface area contributed by atoms with E-state index in [-0.39, 0.29) is 0 Å². The van der Waals surface area contributed by atoms with E-state index in [9.17, 15) is 0 Å².